The van der Waals surface area contributed by atoms with E-state index in [1.54, 1.807) is 0 Å². The predicted molar refractivity (Wildman–Crippen MR) is 478 cm³/mol. The van der Waals surface area contributed by atoms with Crippen LogP contribution in [0.15, 0.2) is 0 Å². The highest BCUT2D eigenvalue weighted by molar-refractivity contribution is 5.80. The fraction of sp³-hybridized carbons (Fsp3) is 0.780. The quantitative estimate of drug-likeness (QED) is 0.0244. The normalized spacial score (nSPS) is 21.2. The van der Waals surface area contributed by atoms with Gasteiger partial charge in [0, 0.05) is 194 Å². The molecule has 49 nitrogen and oxygen atoms in total. The van der Waals surface area contributed by atoms with Crippen molar-refractivity contribution in [3.63, 3.8) is 0 Å². The molecular formula is C91H145N7O42. The summed E-state index contributed by atoms with van der Waals surface area (Å²) < 4.78 is 118. The van der Waals surface area contributed by atoms with E-state index in [4.69, 9.17) is 105 Å². The van der Waals surface area contributed by atoms with Crippen LogP contribution in [0.4, 0.5) is 0 Å². The van der Waals surface area contributed by atoms with Gasteiger partial charge in [-0.15, -0.1) is 0 Å². The number of carboxylic acids is 1. The van der Waals surface area contributed by atoms with E-state index in [-0.39, 0.29) is 187 Å². The Morgan fingerprint density at radius 2 is 0.450 bits per heavy atom. The molecule has 140 heavy (non-hydrogen) atoms. The van der Waals surface area contributed by atoms with Gasteiger partial charge in [0.25, 0.3) is 0 Å². The van der Waals surface area contributed by atoms with Gasteiger partial charge in [-0.3, -0.25) is 95.9 Å². The predicted octanol–water partition coefficient (Wildman–Crippen LogP) is 1.72. The third kappa shape index (κ3) is 55.9. The number of ether oxygens (including phenoxy) is 21. The summed E-state index contributed by atoms with van der Waals surface area (Å²) in [7, 11) is 0. The van der Waals surface area contributed by atoms with Gasteiger partial charge in [-0.2, -0.15) is 0 Å². The fourth-order valence-corrected chi connectivity index (χ4v) is 14.4. The molecule has 3 saturated heterocycles. The van der Waals surface area contributed by atoms with E-state index in [9.17, 15) is 95.9 Å². The van der Waals surface area contributed by atoms with E-state index < -0.39 is 219 Å². The first kappa shape index (κ1) is 123. The topological polar surface area (TPSA) is 640 Å². The number of esters is 12. The van der Waals surface area contributed by atoms with Gasteiger partial charge in [0.15, 0.2) is 73.8 Å². The maximum absolute atomic E-state index is 14.1. The van der Waals surface area contributed by atoms with Crippen molar-refractivity contribution >= 4 is 119 Å². The summed E-state index contributed by atoms with van der Waals surface area (Å²) in [5, 5.41) is 28.7. The van der Waals surface area contributed by atoms with Gasteiger partial charge in [-0.25, -0.2) is 0 Å². The van der Waals surface area contributed by atoms with E-state index in [1.807, 2.05) is 0 Å². The Bertz CT molecular complexity index is 3570. The van der Waals surface area contributed by atoms with Gasteiger partial charge in [0.05, 0.1) is 39.6 Å². The molecule has 3 aliphatic heterocycles. The first-order valence-electron chi connectivity index (χ1n) is 47.2. The minimum atomic E-state index is -1.49. The number of hydrogen-bond donors (Lipinski definition) is 8. The van der Waals surface area contributed by atoms with Gasteiger partial charge in [-0.1, -0.05) is 38.5 Å². The smallest absolute Gasteiger partial charge is 0.303 e. The van der Waals surface area contributed by atoms with Crippen molar-refractivity contribution in [2.75, 3.05) is 119 Å². The average Bonchev–Trinajstić information content (AvgIpc) is 0.793. The van der Waals surface area contributed by atoms with Gasteiger partial charge in [0.2, 0.25) is 41.4 Å². The molecule has 3 heterocycles. The first-order chi connectivity index (χ1) is 66.6. The Labute approximate surface area is 813 Å². The molecule has 3 rings (SSSR count). The molecule has 49 heteroatoms. The molecule has 0 aromatic rings. The Kier molecular flexibility index (Phi) is 62.2. The zero-order valence-corrected chi connectivity index (χ0v) is 82.3. The second-order valence-corrected chi connectivity index (χ2v) is 33.3. The lowest BCUT2D eigenvalue weighted by molar-refractivity contribution is -0.308. The molecule has 0 aromatic carbocycles. The number of carboxylic acid groups (broad SMARTS) is 1. The Balaban J connectivity index is 1.67. The van der Waals surface area contributed by atoms with Crippen molar-refractivity contribution in [3.8, 4) is 0 Å². The number of rotatable bonds is 72. The van der Waals surface area contributed by atoms with Crippen LogP contribution in [0.3, 0.4) is 0 Å². The van der Waals surface area contributed by atoms with Gasteiger partial charge < -0.3 is 142 Å². The van der Waals surface area contributed by atoms with Crippen molar-refractivity contribution in [2.24, 2.45) is 0 Å². The molecule has 0 spiro atoms. The number of amides is 7. The number of aliphatic carboxylic acids is 1. The van der Waals surface area contributed by atoms with Crippen LogP contribution in [0.5, 0.6) is 0 Å². The third-order valence-corrected chi connectivity index (χ3v) is 20.6. The second-order valence-electron chi connectivity index (χ2n) is 33.3. The monoisotopic (exact) mass is 2010 g/mol. The number of carbonyl (C=O) groups excluding carboxylic acids is 19. The summed E-state index contributed by atoms with van der Waals surface area (Å²) in [6.07, 6.45) is -12.1. The molecule has 0 radical (unpaired) electrons. The Morgan fingerprint density at radius 3 is 0.693 bits per heavy atom. The molecule has 0 saturated carbocycles. The number of hydrogen-bond acceptors (Lipinski definition) is 41. The molecule has 8 N–H and O–H groups in total. The molecule has 796 valence electrons. The van der Waals surface area contributed by atoms with Crippen LogP contribution in [0.25, 0.3) is 0 Å². The molecule has 0 bridgehead atoms. The lowest BCUT2D eigenvalue weighted by Crippen LogP contribution is -2.63. The summed E-state index contributed by atoms with van der Waals surface area (Å²) in [5.41, 5.74) is -1.49. The highest BCUT2D eigenvalue weighted by Crippen LogP contribution is 2.34. The maximum atomic E-state index is 14.1. The van der Waals surface area contributed by atoms with Crippen molar-refractivity contribution < 1.29 is 200 Å². The molecule has 9 unspecified atom stereocenters. The maximum Gasteiger partial charge on any atom is 0.303 e. The summed E-state index contributed by atoms with van der Waals surface area (Å²) in [6, 6.07) is 0. The van der Waals surface area contributed by atoms with Crippen molar-refractivity contribution in [2.45, 2.75) is 341 Å². The molecule has 7 amide bonds. The van der Waals surface area contributed by atoms with Crippen LogP contribution in [0, 0.1) is 0 Å². The minimum absolute atomic E-state index is 0.0496. The summed E-state index contributed by atoms with van der Waals surface area (Å²) >= 11 is 0. The number of unbranched alkanes of at least 4 members (excludes halogenated alkanes) is 10. The SMILES string of the molecule is CC(=O)OCC1O[C@H](OCCCCC(=O)NCCCNC(=O)CCOCC(COCCC(=O)NCCCNC(=O)CCCCO[C@H]2OC(COC(C)=O)[C@@H](OC(C)=O)C(OC(C)=O)C2OC(C)=O)(COCCC(=O)NCCCNC(=O)CCCCO[C@H]2OC(COC(C)=O)[C@@H](OC(C)=O)C(OC(C)=O)C2OC(C)=O)NC(=O)CCCCCCCCCCC(=O)O)C(OC(C)=O)C(OC(C)=O)[C@@H]1OC(C)=O. The highest BCUT2D eigenvalue weighted by atomic mass is 16.8. The standard InChI is InChI=1S/C91H145N7O42/c1-56(99)126-50-68-79(129-59(4)102)82(132-62(7)105)85(135-65(10)108)88(138-68)123-44-24-21-30-71(111)92-38-27-41-95-74(114)35-47-120-53-91(98-77(117)33-19-17-15-13-14-16-18-20-34-78(118)119,54-121-48-36-75(115)96-42-28-39-93-72(112)31-22-25-45-124-89-86(136-66(11)109)83(133-63(8)106)80(130-60(5)103)69(139-89)51-127-57(2)100)55-122-49-37-76(116)97-43-29-40-94-73(113)32-23-26-46-125-90-87(137-67(12)110)84(134-64(9)107)81(131-61(6)104)70(140-90)52-128-58(3)101/h68-70,79-90H,13-55H2,1-12H3,(H,92,111)(H,93,112)(H,94,113)(H,95,114)(H,96,115)(H,97,116)(H,98,117)(H,118,119)/t68?,69?,70?,79-,80-,81-,82?,83?,84?,85?,86?,87?,88+,89+,90+,91?/m1/s1. The van der Waals surface area contributed by atoms with Crippen molar-refractivity contribution in [1.82, 2.24) is 37.2 Å². The Hall–Kier alpha value is -11.0. The Morgan fingerprint density at radius 1 is 0.236 bits per heavy atom. The van der Waals surface area contributed by atoms with Gasteiger partial charge in [0.1, 0.15) is 43.7 Å². The second kappa shape index (κ2) is 70.6. The number of carbonyl (C=O) groups is 20. The lowest BCUT2D eigenvalue weighted by atomic mass is 9.98. The number of nitrogens with one attached hydrogen (secondary N) is 7. The molecule has 3 fully saturated rings. The van der Waals surface area contributed by atoms with Crippen LogP contribution in [0.1, 0.15) is 244 Å². The largest absolute Gasteiger partial charge is 0.481 e. The molecule has 0 aromatic heterocycles. The van der Waals surface area contributed by atoms with Crippen molar-refractivity contribution in [1.29, 1.82) is 0 Å². The van der Waals surface area contributed by atoms with Gasteiger partial charge >= 0.3 is 77.6 Å². The molecular weight excluding hydrogens is 1860 g/mol. The summed E-state index contributed by atoms with van der Waals surface area (Å²) in [4.78, 5) is 249. The van der Waals surface area contributed by atoms with Crippen LogP contribution in [-0.2, 0) is 195 Å². The van der Waals surface area contributed by atoms with E-state index >= 15 is 0 Å². The van der Waals surface area contributed by atoms with E-state index in [2.05, 4.69) is 37.2 Å². The zero-order valence-electron chi connectivity index (χ0n) is 82.3. The summed E-state index contributed by atoms with van der Waals surface area (Å²) in [6.45, 7) is 11.2. The molecule has 3 aliphatic rings. The fourth-order valence-electron chi connectivity index (χ4n) is 14.4. The van der Waals surface area contributed by atoms with E-state index in [0.29, 0.717) is 57.8 Å². The highest BCUT2D eigenvalue weighted by Gasteiger charge is 2.56. The van der Waals surface area contributed by atoms with Crippen LogP contribution in [0.2, 0.25) is 0 Å². The van der Waals surface area contributed by atoms with Crippen LogP contribution in [-0.4, -0.2) is 340 Å². The van der Waals surface area contributed by atoms with E-state index in [0.717, 1.165) is 115 Å². The van der Waals surface area contributed by atoms with Crippen LogP contribution >= 0.6 is 0 Å². The first-order valence-corrected chi connectivity index (χ1v) is 47.2. The third-order valence-electron chi connectivity index (χ3n) is 20.6. The lowest BCUT2D eigenvalue weighted by Gasteiger charge is -2.44. The average molecular weight is 2010 g/mol. The molecule has 0 aliphatic carbocycles. The summed E-state index contributed by atoms with van der Waals surface area (Å²) in [5.74, 6) is -12.9. The van der Waals surface area contributed by atoms with Gasteiger partial charge in [-0.05, 0) is 70.6 Å². The van der Waals surface area contributed by atoms with E-state index in [1.165, 1.54) is 0 Å². The molecule has 15 atom stereocenters. The van der Waals surface area contributed by atoms with Crippen molar-refractivity contribution in [3.05, 3.63) is 0 Å². The van der Waals surface area contributed by atoms with Crippen LogP contribution < -0.4 is 37.2 Å². The minimum Gasteiger partial charge on any atom is -0.481 e. The zero-order chi connectivity index (χ0) is 104.